The number of carbonyl (C=O) groups excluding carboxylic acids is 1. The van der Waals surface area contributed by atoms with Crippen LogP contribution in [-0.4, -0.2) is 15.6 Å². The molecule has 0 unspecified atom stereocenters. The Morgan fingerprint density at radius 3 is 2.35 bits per heavy atom. The van der Waals surface area contributed by atoms with Gasteiger partial charge in [0.25, 0.3) is 0 Å². The summed E-state index contributed by atoms with van der Waals surface area (Å²) in [5.74, 6) is 1.41. The molecule has 2 aromatic carbocycles. The third-order valence-electron chi connectivity index (χ3n) is 3.38. The SMILES string of the molecule is Cn1nccc1C=CC(=O)c1ccc(Oc2ccccc2)cc1. The molecule has 3 aromatic rings. The molecule has 0 aliphatic rings. The zero-order chi connectivity index (χ0) is 16.1. The van der Waals surface area contributed by atoms with Crippen molar-refractivity contribution in [2.45, 2.75) is 0 Å². The molecule has 0 spiro atoms. The van der Waals surface area contributed by atoms with Crippen molar-refractivity contribution < 1.29 is 9.53 Å². The number of hydrogen-bond donors (Lipinski definition) is 0. The first kappa shape index (κ1) is 14.8. The molecular weight excluding hydrogens is 288 g/mol. The van der Waals surface area contributed by atoms with Gasteiger partial charge in [0, 0.05) is 18.8 Å². The molecule has 1 heterocycles. The smallest absolute Gasteiger partial charge is 0.185 e. The minimum atomic E-state index is -0.0579. The molecule has 114 valence electrons. The molecule has 3 rings (SSSR count). The van der Waals surface area contributed by atoms with Crippen molar-refractivity contribution in [1.82, 2.24) is 9.78 Å². The summed E-state index contributed by atoms with van der Waals surface area (Å²) in [6, 6.07) is 18.5. The van der Waals surface area contributed by atoms with Crippen LogP contribution in [-0.2, 0) is 7.05 Å². The zero-order valence-electron chi connectivity index (χ0n) is 12.7. The Hall–Kier alpha value is -3.14. The monoisotopic (exact) mass is 304 g/mol. The number of allylic oxidation sites excluding steroid dienone is 1. The van der Waals surface area contributed by atoms with Crippen molar-refractivity contribution in [2.75, 3.05) is 0 Å². The van der Waals surface area contributed by atoms with Gasteiger partial charge in [-0.05, 0) is 54.6 Å². The van der Waals surface area contributed by atoms with Crippen molar-refractivity contribution in [2.24, 2.45) is 7.05 Å². The summed E-state index contributed by atoms with van der Waals surface area (Å²) in [6.45, 7) is 0. The van der Waals surface area contributed by atoms with E-state index in [-0.39, 0.29) is 5.78 Å². The van der Waals surface area contributed by atoms with Crippen LogP contribution < -0.4 is 4.74 Å². The number of para-hydroxylation sites is 1. The second-order valence-corrected chi connectivity index (χ2v) is 5.02. The van der Waals surface area contributed by atoms with Crippen LogP contribution >= 0.6 is 0 Å². The third-order valence-corrected chi connectivity index (χ3v) is 3.38. The van der Waals surface area contributed by atoms with E-state index in [1.54, 1.807) is 47.3 Å². The number of benzene rings is 2. The molecule has 0 saturated heterocycles. The van der Waals surface area contributed by atoms with E-state index in [1.165, 1.54) is 0 Å². The molecular formula is C19H16N2O2. The minimum absolute atomic E-state index is 0.0579. The Balaban J connectivity index is 1.68. The van der Waals surface area contributed by atoms with E-state index in [4.69, 9.17) is 4.74 Å². The van der Waals surface area contributed by atoms with Crippen molar-refractivity contribution in [3.05, 3.63) is 84.2 Å². The van der Waals surface area contributed by atoms with E-state index in [0.29, 0.717) is 11.3 Å². The number of ketones is 1. The van der Waals surface area contributed by atoms with Crippen LogP contribution in [0, 0.1) is 0 Å². The van der Waals surface area contributed by atoms with Crippen molar-refractivity contribution in [3.8, 4) is 11.5 Å². The first-order valence-corrected chi connectivity index (χ1v) is 7.26. The minimum Gasteiger partial charge on any atom is -0.457 e. The summed E-state index contributed by atoms with van der Waals surface area (Å²) in [6.07, 6.45) is 4.99. The van der Waals surface area contributed by atoms with Crippen LogP contribution in [0.5, 0.6) is 11.5 Å². The Morgan fingerprint density at radius 2 is 1.70 bits per heavy atom. The molecule has 23 heavy (non-hydrogen) atoms. The fourth-order valence-electron chi connectivity index (χ4n) is 2.12. The molecule has 0 N–H and O–H groups in total. The Bertz CT molecular complexity index is 818. The normalized spacial score (nSPS) is 10.8. The van der Waals surface area contributed by atoms with Gasteiger partial charge in [-0.2, -0.15) is 5.10 Å². The van der Waals surface area contributed by atoms with Gasteiger partial charge < -0.3 is 4.74 Å². The second kappa shape index (κ2) is 6.75. The molecule has 0 fully saturated rings. The van der Waals surface area contributed by atoms with Gasteiger partial charge in [-0.15, -0.1) is 0 Å². The van der Waals surface area contributed by atoms with Crippen LogP contribution in [0.2, 0.25) is 0 Å². The van der Waals surface area contributed by atoms with E-state index in [0.717, 1.165) is 11.4 Å². The summed E-state index contributed by atoms with van der Waals surface area (Å²) < 4.78 is 7.42. The van der Waals surface area contributed by atoms with Crippen molar-refractivity contribution in [3.63, 3.8) is 0 Å². The lowest BCUT2D eigenvalue weighted by atomic mass is 10.1. The molecule has 0 aliphatic heterocycles. The maximum Gasteiger partial charge on any atom is 0.185 e. The van der Waals surface area contributed by atoms with Crippen LogP contribution in [0.3, 0.4) is 0 Å². The largest absolute Gasteiger partial charge is 0.457 e. The van der Waals surface area contributed by atoms with Crippen LogP contribution in [0.4, 0.5) is 0 Å². The first-order chi connectivity index (χ1) is 11.2. The van der Waals surface area contributed by atoms with Crippen LogP contribution in [0.1, 0.15) is 16.1 Å². The number of aryl methyl sites for hydroxylation is 1. The molecule has 4 nitrogen and oxygen atoms in total. The van der Waals surface area contributed by atoms with E-state index in [1.807, 2.05) is 43.4 Å². The standard InChI is InChI=1S/C19H16N2O2/c1-21-16(13-14-20-21)9-12-19(22)15-7-10-18(11-8-15)23-17-5-3-2-4-6-17/h2-14H,1H3. The van der Waals surface area contributed by atoms with E-state index in [2.05, 4.69) is 5.10 Å². The Kier molecular flexibility index (Phi) is 4.34. The average molecular weight is 304 g/mol. The fraction of sp³-hybridized carbons (Fsp3) is 0.0526. The predicted octanol–water partition coefficient (Wildman–Crippen LogP) is 4.11. The quantitative estimate of drug-likeness (QED) is 0.526. The van der Waals surface area contributed by atoms with E-state index >= 15 is 0 Å². The molecule has 0 radical (unpaired) electrons. The number of ether oxygens (including phenoxy) is 1. The molecule has 4 heteroatoms. The van der Waals surface area contributed by atoms with Gasteiger partial charge in [-0.3, -0.25) is 9.48 Å². The maximum absolute atomic E-state index is 12.2. The van der Waals surface area contributed by atoms with Gasteiger partial charge in [-0.25, -0.2) is 0 Å². The summed E-state index contributed by atoms with van der Waals surface area (Å²) in [5.41, 5.74) is 1.49. The molecule has 0 atom stereocenters. The fourth-order valence-corrected chi connectivity index (χ4v) is 2.12. The second-order valence-electron chi connectivity index (χ2n) is 5.02. The first-order valence-electron chi connectivity index (χ1n) is 7.26. The lowest BCUT2D eigenvalue weighted by Crippen LogP contribution is -1.96. The van der Waals surface area contributed by atoms with Gasteiger partial charge in [0.05, 0.1) is 5.69 Å². The van der Waals surface area contributed by atoms with Gasteiger partial charge in [0.1, 0.15) is 11.5 Å². The van der Waals surface area contributed by atoms with Gasteiger partial charge >= 0.3 is 0 Å². The summed E-state index contributed by atoms with van der Waals surface area (Å²) in [5, 5.41) is 4.06. The topological polar surface area (TPSA) is 44.1 Å². The Morgan fingerprint density at radius 1 is 1.00 bits per heavy atom. The third kappa shape index (κ3) is 3.74. The highest BCUT2D eigenvalue weighted by Crippen LogP contribution is 2.21. The molecule has 1 aromatic heterocycles. The number of carbonyl (C=O) groups is 1. The molecule has 0 saturated carbocycles. The molecule has 0 aliphatic carbocycles. The van der Waals surface area contributed by atoms with Gasteiger partial charge in [0.15, 0.2) is 5.78 Å². The lowest BCUT2D eigenvalue weighted by molar-refractivity contribution is 0.104. The number of nitrogens with zero attached hydrogens (tertiary/aromatic N) is 2. The van der Waals surface area contributed by atoms with Crippen molar-refractivity contribution in [1.29, 1.82) is 0 Å². The maximum atomic E-state index is 12.2. The van der Waals surface area contributed by atoms with E-state index < -0.39 is 0 Å². The van der Waals surface area contributed by atoms with Crippen molar-refractivity contribution >= 4 is 11.9 Å². The highest BCUT2D eigenvalue weighted by Gasteiger charge is 2.03. The Labute approximate surface area is 134 Å². The summed E-state index contributed by atoms with van der Waals surface area (Å²) in [4.78, 5) is 12.2. The molecule has 0 amide bonds. The van der Waals surface area contributed by atoms with Crippen LogP contribution in [0.15, 0.2) is 72.9 Å². The number of rotatable bonds is 5. The molecule has 0 bridgehead atoms. The highest BCUT2D eigenvalue weighted by molar-refractivity contribution is 6.06. The highest BCUT2D eigenvalue weighted by atomic mass is 16.5. The summed E-state index contributed by atoms with van der Waals surface area (Å²) in [7, 11) is 1.83. The lowest BCUT2D eigenvalue weighted by Gasteiger charge is -2.05. The zero-order valence-corrected chi connectivity index (χ0v) is 12.7. The number of hydrogen-bond acceptors (Lipinski definition) is 3. The van der Waals surface area contributed by atoms with Crippen LogP contribution in [0.25, 0.3) is 6.08 Å². The number of aromatic nitrogens is 2. The average Bonchev–Trinajstić information content (AvgIpc) is 2.99. The predicted molar refractivity (Wildman–Crippen MR) is 89.5 cm³/mol. The van der Waals surface area contributed by atoms with Gasteiger partial charge in [0.2, 0.25) is 0 Å². The summed E-state index contributed by atoms with van der Waals surface area (Å²) >= 11 is 0. The van der Waals surface area contributed by atoms with E-state index in [9.17, 15) is 4.79 Å². The van der Waals surface area contributed by atoms with Gasteiger partial charge in [-0.1, -0.05) is 18.2 Å².